The SMILES string of the molecule is CCNC(=NCc1ccc(COCC(F)(F)F)cc1)NC(C)Cc1c(C)nn(C)c1C.I. The number of aliphatic imine (C=N–C) groups is 1. The monoisotopic (exact) mass is 567 g/mol. The number of ether oxygens (including phenoxy) is 1. The van der Waals surface area contributed by atoms with Gasteiger partial charge < -0.3 is 15.4 Å². The van der Waals surface area contributed by atoms with E-state index in [2.05, 4.69) is 39.3 Å². The number of nitrogens with zero attached hydrogens (tertiary/aromatic N) is 3. The predicted molar refractivity (Wildman–Crippen MR) is 131 cm³/mol. The molecule has 0 saturated carbocycles. The van der Waals surface area contributed by atoms with E-state index in [4.69, 9.17) is 0 Å². The van der Waals surface area contributed by atoms with Gasteiger partial charge in [-0.3, -0.25) is 4.68 Å². The average molecular weight is 567 g/mol. The molecule has 0 aliphatic heterocycles. The van der Waals surface area contributed by atoms with Crippen LogP contribution in [0.3, 0.4) is 0 Å². The topological polar surface area (TPSA) is 63.5 Å². The summed E-state index contributed by atoms with van der Waals surface area (Å²) < 4.78 is 43.1. The van der Waals surface area contributed by atoms with E-state index in [0.29, 0.717) is 18.1 Å². The van der Waals surface area contributed by atoms with Gasteiger partial charge in [0.2, 0.25) is 0 Å². The lowest BCUT2D eigenvalue weighted by Gasteiger charge is -2.18. The highest BCUT2D eigenvalue weighted by Gasteiger charge is 2.27. The maximum absolute atomic E-state index is 12.2. The molecule has 0 amide bonds. The average Bonchev–Trinajstić information content (AvgIpc) is 2.92. The highest BCUT2D eigenvalue weighted by Crippen LogP contribution is 2.16. The van der Waals surface area contributed by atoms with Crippen molar-refractivity contribution < 1.29 is 17.9 Å². The number of hydrogen-bond acceptors (Lipinski definition) is 3. The summed E-state index contributed by atoms with van der Waals surface area (Å²) in [7, 11) is 1.95. The first kappa shape index (κ1) is 28.2. The second kappa shape index (κ2) is 13.0. The molecule has 2 N–H and O–H groups in total. The van der Waals surface area contributed by atoms with Crippen LogP contribution in [0.25, 0.3) is 0 Å². The molecule has 0 aliphatic carbocycles. The van der Waals surface area contributed by atoms with Crippen LogP contribution in [0, 0.1) is 13.8 Å². The van der Waals surface area contributed by atoms with Gasteiger partial charge in [0.1, 0.15) is 6.61 Å². The Morgan fingerprint density at radius 3 is 2.34 bits per heavy atom. The molecule has 0 radical (unpaired) electrons. The zero-order chi connectivity index (χ0) is 23.0. The molecule has 180 valence electrons. The summed E-state index contributed by atoms with van der Waals surface area (Å²) in [6, 6.07) is 7.39. The normalized spacial score (nSPS) is 12.9. The van der Waals surface area contributed by atoms with E-state index >= 15 is 0 Å². The highest BCUT2D eigenvalue weighted by atomic mass is 127. The number of halogens is 4. The largest absolute Gasteiger partial charge is 0.411 e. The molecule has 1 unspecified atom stereocenters. The van der Waals surface area contributed by atoms with Gasteiger partial charge in [0, 0.05) is 25.3 Å². The molecular weight excluding hydrogens is 534 g/mol. The lowest BCUT2D eigenvalue weighted by molar-refractivity contribution is -0.176. The second-order valence-electron chi connectivity index (χ2n) is 7.64. The maximum atomic E-state index is 12.2. The van der Waals surface area contributed by atoms with Crippen LogP contribution in [0.5, 0.6) is 0 Å². The van der Waals surface area contributed by atoms with Gasteiger partial charge in [-0.05, 0) is 50.8 Å². The molecular formula is C22H33F3IN5O. The van der Waals surface area contributed by atoms with Crippen LogP contribution in [0.4, 0.5) is 13.2 Å². The number of aromatic nitrogens is 2. The Morgan fingerprint density at radius 2 is 1.81 bits per heavy atom. The van der Waals surface area contributed by atoms with Crippen molar-refractivity contribution in [1.82, 2.24) is 20.4 Å². The summed E-state index contributed by atoms with van der Waals surface area (Å²) in [6.45, 7) is 8.08. The van der Waals surface area contributed by atoms with Crippen molar-refractivity contribution in [3.05, 3.63) is 52.3 Å². The van der Waals surface area contributed by atoms with Crippen LogP contribution in [0.15, 0.2) is 29.3 Å². The van der Waals surface area contributed by atoms with Crippen molar-refractivity contribution in [3.63, 3.8) is 0 Å². The van der Waals surface area contributed by atoms with Crippen molar-refractivity contribution in [2.24, 2.45) is 12.0 Å². The summed E-state index contributed by atoms with van der Waals surface area (Å²) in [5.74, 6) is 0.715. The number of rotatable bonds is 9. The van der Waals surface area contributed by atoms with E-state index in [1.54, 1.807) is 12.1 Å². The predicted octanol–water partition coefficient (Wildman–Crippen LogP) is 4.42. The lowest BCUT2D eigenvalue weighted by Crippen LogP contribution is -2.43. The van der Waals surface area contributed by atoms with Gasteiger partial charge in [0.25, 0.3) is 0 Å². The maximum Gasteiger partial charge on any atom is 0.411 e. The molecule has 6 nitrogen and oxygen atoms in total. The molecule has 32 heavy (non-hydrogen) atoms. The van der Waals surface area contributed by atoms with E-state index < -0.39 is 12.8 Å². The minimum atomic E-state index is -4.31. The summed E-state index contributed by atoms with van der Waals surface area (Å²) in [6.07, 6.45) is -3.47. The van der Waals surface area contributed by atoms with Crippen molar-refractivity contribution in [2.45, 2.75) is 59.5 Å². The molecule has 2 rings (SSSR count). The van der Waals surface area contributed by atoms with Gasteiger partial charge in [0.15, 0.2) is 5.96 Å². The molecule has 1 aromatic carbocycles. The molecule has 0 aliphatic rings. The molecule has 2 aromatic rings. The number of guanidine groups is 1. The minimum absolute atomic E-state index is 0. The van der Waals surface area contributed by atoms with Gasteiger partial charge in [0.05, 0.1) is 18.8 Å². The van der Waals surface area contributed by atoms with Gasteiger partial charge in [-0.25, -0.2) is 4.99 Å². The fraction of sp³-hybridized carbons (Fsp3) is 0.545. The smallest absolute Gasteiger partial charge is 0.367 e. The van der Waals surface area contributed by atoms with Crippen LogP contribution < -0.4 is 10.6 Å². The van der Waals surface area contributed by atoms with Gasteiger partial charge in [-0.15, -0.1) is 24.0 Å². The highest BCUT2D eigenvalue weighted by molar-refractivity contribution is 14.0. The first-order valence-corrected chi connectivity index (χ1v) is 10.3. The molecule has 10 heteroatoms. The van der Waals surface area contributed by atoms with E-state index in [1.165, 1.54) is 5.56 Å². The van der Waals surface area contributed by atoms with Crippen molar-refractivity contribution in [2.75, 3.05) is 13.2 Å². The third kappa shape index (κ3) is 9.35. The standard InChI is InChI=1S/C22H32F3N5O.HI/c1-6-26-21(28-15(2)11-20-16(3)29-30(5)17(20)4)27-12-18-7-9-19(10-8-18)13-31-14-22(23,24)25;/h7-10,15H,6,11-14H2,1-5H3,(H2,26,27,28);1H. The van der Waals surface area contributed by atoms with Crippen LogP contribution in [-0.2, 0) is 31.4 Å². The van der Waals surface area contributed by atoms with E-state index in [1.807, 2.05) is 37.7 Å². The number of hydrogen-bond donors (Lipinski definition) is 2. The molecule has 1 heterocycles. The zero-order valence-corrected chi connectivity index (χ0v) is 21.5. The molecule has 0 fully saturated rings. The minimum Gasteiger partial charge on any atom is -0.367 e. The molecule has 1 atom stereocenters. The third-order valence-electron chi connectivity index (χ3n) is 4.87. The lowest BCUT2D eigenvalue weighted by atomic mass is 10.1. The fourth-order valence-corrected chi connectivity index (χ4v) is 3.22. The summed E-state index contributed by atoms with van der Waals surface area (Å²) in [4.78, 5) is 4.63. The van der Waals surface area contributed by atoms with Crippen LogP contribution in [0.1, 0.15) is 41.9 Å². The summed E-state index contributed by atoms with van der Waals surface area (Å²) >= 11 is 0. The van der Waals surface area contributed by atoms with Crippen molar-refractivity contribution in [3.8, 4) is 0 Å². The Labute approximate surface area is 205 Å². The van der Waals surface area contributed by atoms with Crippen molar-refractivity contribution >= 4 is 29.9 Å². The first-order chi connectivity index (χ1) is 14.6. The molecule has 0 bridgehead atoms. The Kier molecular flexibility index (Phi) is 11.5. The second-order valence-corrected chi connectivity index (χ2v) is 7.64. The number of aryl methyl sites for hydroxylation is 2. The van der Waals surface area contributed by atoms with Crippen LogP contribution >= 0.6 is 24.0 Å². The quantitative estimate of drug-likeness (QED) is 0.268. The third-order valence-corrected chi connectivity index (χ3v) is 4.87. The molecule has 0 saturated heterocycles. The Morgan fingerprint density at radius 1 is 1.19 bits per heavy atom. The molecule has 1 aromatic heterocycles. The van der Waals surface area contributed by atoms with E-state index in [0.717, 1.165) is 29.9 Å². The van der Waals surface area contributed by atoms with Gasteiger partial charge in [-0.2, -0.15) is 18.3 Å². The van der Waals surface area contributed by atoms with E-state index in [9.17, 15) is 13.2 Å². The van der Waals surface area contributed by atoms with Crippen molar-refractivity contribution in [1.29, 1.82) is 0 Å². The number of benzene rings is 1. The van der Waals surface area contributed by atoms with Crippen LogP contribution in [0.2, 0.25) is 0 Å². The Bertz CT molecular complexity index is 866. The summed E-state index contributed by atoms with van der Waals surface area (Å²) in [5, 5.41) is 11.1. The zero-order valence-electron chi connectivity index (χ0n) is 19.2. The van der Waals surface area contributed by atoms with Crippen LogP contribution in [-0.4, -0.2) is 41.1 Å². The number of nitrogens with one attached hydrogen (secondary N) is 2. The Balaban J connectivity index is 0.00000512. The fourth-order valence-electron chi connectivity index (χ4n) is 3.22. The molecule has 0 spiro atoms. The van der Waals surface area contributed by atoms with Gasteiger partial charge >= 0.3 is 6.18 Å². The Hall–Kier alpha value is -1.82. The summed E-state index contributed by atoms with van der Waals surface area (Å²) in [5.41, 5.74) is 5.09. The van der Waals surface area contributed by atoms with E-state index in [-0.39, 0.29) is 36.6 Å². The van der Waals surface area contributed by atoms with Gasteiger partial charge in [-0.1, -0.05) is 24.3 Å². The first-order valence-electron chi connectivity index (χ1n) is 10.3. The number of alkyl halides is 3.